The summed E-state index contributed by atoms with van der Waals surface area (Å²) in [6, 6.07) is 16.4. The standard InChI is InChI=1S/C32H33N7O3S/c1-20-28(26(36-43-20)13-21-5-3-2-4-6-21)30(40)37-11-9-32(42,10-12-37)18-38-19-35-39-27(17-34-29(39)31(38)41)23-8-7-22-15-25(33)16-24(22)14-23/h2-8,14,17,19,25,42H,9-13,15-16,18,33H2,1H3. The molecule has 0 saturated carbocycles. The molecular formula is C32H33N7O3S. The number of nitrogens with zero attached hydrogens (tertiary/aromatic N) is 6. The largest absolute Gasteiger partial charge is 0.388 e. The van der Waals surface area contributed by atoms with Gasteiger partial charge in [-0.3, -0.25) is 14.2 Å². The zero-order valence-corrected chi connectivity index (χ0v) is 24.8. The van der Waals surface area contributed by atoms with E-state index in [0.29, 0.717) is 37.9 Å². The number of aryl methyl sites for hydroxylation is 1. The number of carbonyl (C=O) groups is 1. The van der Waals surface area contributed by atoms with E-state index in [4.69, 9.17) is 5.73 Å². The molecule has 1 unspecified atom stereocenters. The summed E-state index contributed by atoms with van der Waals surface area (Å²) in [7, 11) is 0. The highest BCUT2D eigenvalue weighted by molar-refractivity contribution is 7.06. The normalized spacial score (nSPS) is 17.8. The van der Waals surface area contributed by atoms with Crippen LogP contribution in [0.4, 0.5) is 0 Å². The SMILES string of the molecule is Cc1snc(Cc2ccccc2)c1C(=O)N1CCC(O)(Cn2cnn3c(-c4ccc5c(c4)CC(N)C5)cnc3c2=O)CC1. The number of imidazole rings is 1. The van der Waals surface area contributed by atoms with Gasteiger partial charge in [0.15, 0.2) is 0 Å². The molecule has 7 rings (SSSR count). The lowest BCUT2D eigenvalue weighted by atomic mass is 9.90. The first-order valence-electron chi connectivity index (χ1n) is 14.6. The number of hydrogen-bond donors (Lipinski definition) is 2. The fourth-order valence-electron chi connectivity index (χ4n) is 6.39. The maximum Gasteiger partial charge on any atom is 0.296 e. The summed E-state index contributed by atoms with van der Waals surface area (Å²) in [5.41, 5.74) is 11.6. The van der Waals surface area contributed by atoms with Crippen LogP contribution in [0, 0.1) is 6.92 Å². The molecule has 1 atom stereocenters. The minimum atomic E-state index is -1.15. The number of aliphatic hydroxyl groups is 1. The van der Waals surface area contributed by atoms with Gasteiger partial charge in [0.25, 0.3) is 11.5 Å². The molecule has 3 aromatic heterocycles. The Morgan fingerprint density at radius 2 is 1.88 bits per heavy atom. The second kappa shape index (κ2) is 10.8. The Morgan fingerprint density at radius 1 is 1.12 bits per heavy atom. The summed E-state index contributed by atoms with van der Waals surface area (Å²) < 4.78 is 7.56. The molecule has 220 valence electrons. The Kier molecular flexibility index (Phi) is 6.95. The highest BCUT2D eigenvalue weighted by Gasteiger charge is 2.36. The first-order valence-corrected chi connectivity index (χ1v) is 15.4. The molecule has 3 N–H and O–H groups in total. The van der Waals surface area contributed by atoms with Gasteiger partial charge in [-0.1, -0.05) is 42.5 Å². The van der Waals surface area contributed by atoms with Gasteiger partial charge in [0.1, 0.15) is 6.33 Å². The van der Waals surface area contributed by atoms with Crippen molar-refractivity contribution in [3.63, 3.8) is 0 Å². The number of likely N-dealkylation sites (tertiary alicyclic amines) is 1. The zero-order chi connectivity index (χ0) is 29.7. The van der Waals surface area contributed by atoms with Gasteiger partial charge in [-0.25, -0.2) is 9.50 Å². The molecule has 11 heteroatoms. The molecule has 0 bridgehead atoms. The molecule has 2 aliphatic rings. The number of aromatic nitrogens is 5. The van der Waals surface area contributed by atoms with E-state index in [1.807, 2.05) is 43.3 Å². The maximum absolute atomic E-state index is 13.6. The molecule has 2 aromatic carbocycles. The van der Waals surface area contributed by atoms with E-state index < -0.39 is 5.60 Å². The molecule has 5 aromatic rings. The monoisotopic (exact) mass is 595 g/mol. The molecule has 1 saturated heterocycles. The minimum Gasteiger partial charge on any atom is -0.388 e. The molecule has 10 nitrogen and oxygen atoms in total. The number of fused-ring (bicyclic) bond motifs is 2. The first-order chi connectivity index (χ1) is 20.8. The van der Waals surface area contributed by atoms with Gasteiger partial charge >= 0.3 is 0 Å². The second-order valence-corrected chi connectivity index (χ2v) is 12.8. The van der Waals surface area contributed by atoms with Crippen LogP contribution in [-0.4, -0.2) is 64.2 Å². The first kappa shape index (κ1) is 27.6. The molecule has 1 amide bonds. The predicted molar refractivity (Wildman–Crippen MR) is 164 cm³/mol. The minimum absolute atomic E-state index is 0.0575. The average molecular weight is 596 g/mol. The van der Waals surface area contributed by atoms with Crippen molar-refractivity contribution in [2.45, 2.75) is 57.2 Å². The summed E-state index contributed by atoms with van der Waals surface area (Å²) in [6.07, 6.45) is 6.13. The third-order valence-electron chi connectivity index (χ3n) is 8.77. The molecule has 1 aliphatic heterocycles. The predicted octanol–water partition coefficient (Wildman–Crippen LogP) is 3.01. The Hall–Kier alpha value is -4.19. The Balaban J connectivity index is 1.06. The van der Waals surface area contributed by atoms with Crippen molar-refractivity contribution in [2.24, 2.45) is 5.73 Å². The number of amides is 1. The van der Waals surface area contributed by atoms with Crippen molar-refractivity contribution >= 4 is 23.1 Å². The Morgan fingerprint density at radius 3 is 2.67 bits per heavy atom. The summed E-state index contributed by atoms with van der Waals surface area (Å²) in [5, 5.41) is 16.0. The smallest absolute Gasteiger partial charge is 0.296 e. The Bertz CT molecular complexity index is 1890. The van der Waals surface area contributed by atoms with Crippen molar-refractivity contribution in [3.05, 3.63) is 104 Å². The molecular weight excluding hydrogens is 562 g/mol. The summed E-state index contributed by atoms with van der Waals surface area (Å²) in [5.74, 6) is -0.0575. The lowest BCUT2D eigenvalue weighted by molar-refractivity contribution is -0.0300. The zero-order valence-electron chi connectivity index (χ0n) is 23.9. The van der Waals surface area contributed by atoms with Crippen LogP contribution in [0.15, 0.2) is 65.8 Å². The van der Waals surface area contributed by atoms with Crippen LogP contribution < -0.4 is 11.3 Å². The summed E-state index contributed by atoms with van der Waals surface area (Å²) in [4.78, 5) is 34.1. The van der Waals surface area contributed by atoms with Gasteiger partial charge in [-0.15, -0.1) is 0 Å². The third-order valence-corrected chi connectivity index (χ3v) is 9.56. The van der Waals surface area contributed by atoms with Gasteiger partial charge in [0.2, 0.25) is 5.65 Å². The molecule has 4 heterocycles. The second-order valence-electron chi connectivity index (χ2n) is 11.8. The van der Waals surface area contributed by atoms with E-state index in [0.717, 1.165) is 40.2 Å². The van der Waals surface area contributed by atoms with E-state index in [9.17, 15) is 14.7 Å². The molecule has 1 fully saturated rings. The van der Waals surface area contributed by atoms with Gasteiger partial charge < -0.3 is 15.7 Å². The molecule has 1 aliphatic carbocycles. The van der Waals surface area contributed by atoms with Crippen LogP contribution in [0.1, 0.15) is 50.5 Å². The van der Waals surface area contributed by atoms with Gasteiger partial charge in [-0.05, 0) is 66.9 Å². The topological polar surface area (TPSA) is 132 Å². The highest BCUT2D eigenvalue weighted by Crippen LogP contribution is 2.30. The van der Waals surface area contributed by atoms with Crippen LogP contribution in [0.2, 0.25) is 0 Å². The molecule has 0 radical (unpaired) electrons. The van der Waals surface area contributed by atoms with E-state index in [2.05, 4.69) is 26.6 Å². The van der Waals surface area contributed by atoms with Crippen LogP contribution in [0.25, 0.3) is 16.9 Å². The summed E-state index contributed by atoms with van der Waals surface area (Å²) >= 11 is 1.35. The number of hydrogen-bond acceptors (Lipinski definition) is 8. The maximum atomic E-state index is 13.6. The average Bonchev–Trinajstić information content (AvgIpc) is 3.70. The lowest BCUT2D eigenvalue weighted by Gasteiger charge is -2.38. The third kappa shape index (κ3) is 5.17. The van der Waals surface area contributed by atoms with Crippen LogP contribution in [0.5, 0.6) is 0 Å². The van der Waals surface area contributed by atoms with E-state index in [1.54, 1.807) is 15.6 Å². The Labute approximate surface area is 252 Å². The number of benzene rings is 2. The highest BCUT2D eigenvalue weighted by atomic mass is 32.1. The van der Waals surface area contributed by atoms with E-state index in [1.165, 1.54) is 33.6 Å². The summed E-state index contributed by atoms with van der Waals surface area (Å²) in [6.45, 7) is 2.77. The van der Waals surface area contributed by atoms with Gasteiger partial charge in [0, 0.05) is 36.0 Å². The fourth-order valence-corrected chi connectivity index (χ4v) is 7.08. The number of rotatable bonds is 6. The van der Waals surface area contributed by atoms with Crippen molar-refractivity contribution in [3.8, 4) is 11.3 Å². The van der Waals surface area contributed by atoms with Crippen LogP contribution >= 0.6 is 11.5 Å². The van der Waals surface area contributed by atoms with E-state index in [-0.39, 0.29) is 29.7 Å². The molecule has 43 heavy (non-hydrogen) atoms. The van der Waals surface area contributed by atoms with Crippen molar-refractivity contribution < 1.29 is 9.90 Å². The van der Waals surface area contributed by atoms with Crippen molar-refractivity contribution in [2.75, 3.05) is 13.1 Å². The quantitative estimate of drug-likeness (QED) is 0.309. The number of carbonyl (C=O) groups excluding carboxylic acids is 1. The van der Waals surface area contributed by atoms with Gasteiger partial charge in [0.05, 0.1) is 35.3 Å². The van der Waals surface area contributed by atoms with Crippen molar-refractivity contribution in [1.29, 1.82) is 0 Å². The number of piperidine rings is 1. The van der Waals surface area contributed by atoms with Crippen LogP contribution in [-0.2, 0) is 25.8 Å². The van der Waals surface area contributed by atoms with E-state index >= 15 is 0 Å². The molecule has 0 spiro atoms. The van der Waals surface area contributed by atoms with Gasteiger partial charge in [-0.2, -0.15) is 9.47 Å². The van der Waals surface area contributed by atoms with Crippen molar-refractivity contribution in [1.82, 2.24) is 28.4 Å². The fraction of sp³-hybridized carbons (Fsp3) is 0.344. The lowest BCUT2D eigenvalue weighted by Crippen LogP contribution is -2.50. The number of nitrogens with two attached hydrogens (primary N) is 1. The van der Waals surface area contributed by atoms with Crippen LogP contribution in [0.3, 0.4) is 0 Å².